The molecular formula is C9H18F2N2O2S. The fraction of sp³-hybridized carbons (Fsp3) is 0.889. The third-order valence-corrected chi connectivity index (χ3v) is 2.39. The average molecular weight is 256 g/mol. The molecule has 0 aliphatic carbocycles. The highest BCUT2D eigenvalue weighted by molar-refractivity contribution is 7.80. The summed E-state index contributed by atoms with van der Waals surface area (Å²) in [5.41, 5.74) is 5.09. The van der Waals surface area contributed by atoms with E-state index in [9.17, 15) is 8.78 Å². The van der Waals surface area contributed by atoms with Crippen molar-refractivity contribution in [2.75, 3.05) is 20.7 Å². The first-order valence-corrected chi connectivity index (χ1v) is 5.31. The lowest BCUT2D eigenvalue weighted by atomic mass is 10.1. The molecule has 0 bridgehead atoms. The number of alkyl halides is 2. The Balaban J connectivity index is 0.000000325. The van der Waals surface area contributed by atoms with Crippen LogP contribution in [0.15, 0.2) is 0 Å². The maximum absolute atomic E-state index is 11.9. The number of hydrogen-bond donors (Lipinski definition) is 2. The van der Waals surface area contributed by atoms with Gasteiger partial charge in [-0.2, -0.15) is 0 Å². The zero-order chi connectivity index (χ0) is 12.7. The van der Waals surface area contributed by atoms with Crippen LogP contribution in [-0.4, -0.2) is 54.5 Å². The van der Waals surface area contributed by atoms with Crippen LogP contribution in [-0.2, 0) is 4.74 Å². The first kappa shape index (κ1) is 15.5. The fourth-order valence-electron chi connectivity index (χ4n) is 1.03. The number of halogens is 2. The Bertz CT molecular complexity index is 218. The van der Waals surface area contributed by atoms with E-state index < -0.39 is 18.6 Å². The van der Waals surface area contributed by atoms with Gasteiger partial charge in [0.15, 0.2) is 5.11 Å². The molecule has 0 radical (unpaired) electrons. The SMILES string of the molecule is CN(C)C(N)=S.O[C@H]1CCCOC1C(F)F. The standard InChI is InChI=1S/C6H10F2O2.C3H8N2S/c7-6(8)5-4(9)2-1-3-10-5;1-5(2)3(4)6/h4-6,9H,1-3H2;1-2H3,(H2,4,6)/t4-,5?;/m0./s1. The van der Waals surface area contributed by atoms with Gasteiger partial charge in [-0.15, -0.1) is 0 Å². The van der Waals surface area contributed by atoms with E-state index in [2.05, 4.69) is 17.0 Å². The molecule has 1 saturated heterocycles. The molecule has 0 amide bonds. The van der Waals surface area contributed by atoms with Crippen LogP contribution in [0.4, 0.5) is 8.78 Å². The van der Waals surface area contributed by atoms with Crippen LogP contribution < -0.4 is 5.73 Å². The third kappa shape index (κ3) is 6.14. The Hall–Kier alpha value is -0.530. The van der Waals surface area contributed by atoms with Crippen molar-refractivity contribution in [3.63, 3.8) is 0 Å². The molecule has 1 unspecified atom stereocenters. The lowest BCUT2D eigenvalue weighted by molar-refractivity contribution is -0.138. The molecule has 0 saturated carbocycles. The van der Waals surface area contributed by atoms with Crippen LogP contribution in [0, 0.1) is 0 Å². The van der Waals surface area contributed by atoms with Crippen LogP contribution >= 0.6 is 12.2 Å². The van der Waals surface area contributed by atoms with Crippen molar-refractivity contribution in [3.05, 3.63) is 0 Å². The van der Waals surface area contributed by atoms with Gasteiger partial charge in [0.25, 0.3) is 6.43 Å². The van der Waals surface area contributed by atoms with Gasteiger partial charge in [-0.1, -0.05) is 0 Å². The number of aliphatic hydroxyl groups is 1. The van der Waals surface area contributed by atoms with E-state index in [-0.39, 0.29) is 0 Å². The molecule has 0 aromatic carbocycles. The number of nitrogens with two attached hydrogens (primary N) is 1. The lowest BCUT2D eigenvalue weighted by Gasteiger charge is -2.26. The molecule has 1 aliphatic rings. The molecule has 0 spiro atoms. The van der Waals surface area contributed by atoms with Crippen molar-refractivity contribution in [1.82, 2.24) is 4.90 Å². The lowest BCUT2D eigenvalue weighted by Crippen LogP contribution is -2.39. The summed E-state index contributed by atoms with van der Waals surface area (Å²) in [7, 11) is 3.62. The van der Waals surface area contributed by atoms with E-state index >= 15 is 0 Å². The van der Waals surface area contributed by atoms with Crippen molar-refractivity contribution >= 4 is 17.3 Å². The quantitative estimate of drug-likeness (QED) is 0.672. The minimum Gasteiger partial charge on any atom is -0.390 e. The molecule has 2 atom stereocenters. The maximum atomic E-state index is 11.9. The Labute approximate surface area is 99.4 Å². The summed E-state index contributed by atoms with van der Waals surface area (Å²) in [6.07, 6.45) is -3.70. The second-order valence-electron chi connectivity index (χ2n) is 3.61. The highest BCUT2D eigenvalue weighted by atomic mass is 32.1. The molecule has 1 rings (SSSR count). The van der Waals surface area contributed by atoms with Crippen molar-refractivity contribution in [2.45, 2.75) is 31.5 Å². The summed E-state index contributed by atoms with van der Waals surface area (Å²) in [5, 5.41) is 9.36. The van der Waals surface area contributed by atoms with Crippen LogP contribution in [0.1, 0.15) is 12.8 Å². The summed E-state index contributed by atoms with van der Waals surface area (Å²) in [5.74, 6) is 0. The first-order chi connectivity index (χ1) is 7.36. The van der Waals surface area contributed by atoms with Crippen molar-refractivity contribution in [1.29, 1.82) is 0 Å². The van der Waals surface area contributed by atoms with Gasteiger partial charge in [0, 0.05) is 20.7 Å². The van der Waals surface area contributed by atoms with E-state index in [1.54, 1.807) is 4.90 Å². The van der Waals surface area contributed by atoms with Gasteiger partial charge in [-0.05, 0) is 25.1 Å². The van der Waals surface area contributed by atoms with Gasteiger partial charge in [0.05, 0.1) is 6.10 Å². The van der Waals surface area contributed by atoms with Gasteiger partial charge in [0.2, 0.25) is 0 Å². The Morgan fingerprint density at radius 3 is 2.31 bits per heavy atom. The van der Waals surface area contributed by atoms with Crippen LogP contribution in [0.2, 0.25) is 0 Å². The van der Waals surface area contributed by atoms with Crippen LogP contribution in [0.5, 0.6) is 0 Å². The van der Waals surface area contributed by atoms with E-state index in [0.29, 0.717) is 24.6 Å². The summed E-state index contributed by atoms with van der Waals surface area (Å²) in [6, 6.07) is 0. The monoisotopic (exact) mass is 256 g/mol. The molecule has 0 aromatic heterocycles. The third-order valence-electron chi connectivity index (χ3n) is 2.02. The second-order valence-corrected chi connectivity index (χ2v) is 4.03. The normalized spacial score (nSPS) is 24.6. The van der Waals surface area contributed by atoms with Gasteiger partial charge in [0.1, 0.15) is 6.10 Å². The molecule has 1 fully saturated rings. The number of rotatable bonds is 1. The number of hydrogen-bond acceptors (Lipinski definition) is 3. The van der Waals surface area contributed by atoms with E-state index in [4.69, 9.17) is 10.8 Å². The summed E-state index contributed by atoms with van der Waals surface area (Å²) in [6.45, 7) is 0.339. The molecule has 4 nitrogen and oxygen atoms in total. The molecule has 0 aromatic rings. The first-order valence-electron chi connectivity index (χ1n) is 4.90. The van der Waals surface area contributed by atoms with E-state index in [1.165, 1.54) is 0 Å². The molecule has 7 heteroatoms. The average Bonchev–Trinajstić information content (AvgIpc) is 2.18. The Kier molecular flexibility index (Phi) is 7.44. The summed E-state index contributed by atoms with van der Waals surface area (Å²) < 4.78 is 28.4. The van der Waals surface area contributed by atoms with Gasteiger partial charge in [-0.3, -0.25) is 0 Å². The smallest absolute Gasteiger partial charge is 0.266 e. The highest BCUT2D eigenvalue weighted by Gasteiger charge is 2.31. The zero-order valence-corrected chi connectivity index (χ0v) is 10.2. The highest BCUT2D eigenvalue weighted by Crippen LogP contribution is 2.19. The molecular weight excluding hydrogens is 238 g/mol. The number of nitrogens with zero attached hydrogens (tertiary/aromatic N) is 1. The Morgan fingerprint density at radius 2 is 2.06 bits per heavy atom. The molecule has 1 heterocycles. The number of thiocarbonyl (C=S) groups is 1. The summed E-state index contributed by atoms with van der Waals surface area (Å²) >= 11 is 4.52. The van der Waals surface area contributed by atoms with Crippen molar-refractivity contribution < 1.29 is 18.6 Å². The second kappa shape index (κ2) is 7.70. The minimum atomic E-state index is -2.56. The zero-order valence-electron chi connectivity index (χ0n) is 9.40. The number of ether oxygens (including phenoxy) is 1. The van der Waals surface area contributed by atoms with Gasteiger partial charge in [-0.25, -0.2) is 8.78 Å². The fourth-order valence-corrected chi connectivity index (χ4v) is 1.03. The largest absolute Gasteiger partial charge is 0.390 e. The molecule has 96 valence electrons. The van der Waals surface area contributed by atoms with E-state index in [0.717, 1.165) is 0 Å². The van der Waals surface area contributed by atoms with Gasteiger partial charge >= 0.3 is 0 Å². The van der Waals surface area contributed by atoms with Crippen molar-refractivity contribution in [3.8, 4) is 0 Å². The van der Waals surface area contributed by atoms with Crippen LogP contribution in [0.25, 0.3) is 0 Å². The molecule has 3 N–H and O–H groups in total. The molecule has 16 heavy (non-hydrogen) atoms. The number of aliphatic hydroxyl groups excluding tert-OH is 1. The molecule has 1 aliphatic heterocycles. The maximum Gasteiger partial charge on any atom is 0.266 e. The Morgan fingerprint density at radius 1 is 1.56 bits per heavy atom. The minimum absolute atomic E-state index is 0.339. The van der Waals surface area contributed by atoms with Crippen LogP contribution in [0.3, 0.4) is 0 Å². The predicted molar refractivity (Wildman–Crippen MR) is 61.5 cm³/mol. The topological polar surface area (TPSA) is 58.7 Å². The van der Waals surface area contributed by atoms with E-state index in [1.807, 2.05) is 14.1 Å². The predicted octanol–water partition coefficient (Wildman–Crippen LogP) is 0.583. The van der Waals surface area contributed by atoms with Gasteiger partial charge < -0.3 is 20.5 Å². The summed E-state index contributed by atoms with van der Waals surface area (Å²) in [4.78, 5) is 1.68. The van der Waals surface area contributed by atoms with Crippen molar-refractivity contribution in [2.24, 2.45) is 5.73 Å².